The number of aromatic nitrogens is 1. The van der Waals surface area contributed by atoms with Crippen LogP contribution in [0.4, 0.5) is 5.69 Å². The van der Waals surface area contributed by atoms with Crippen LogP contribution in [-0.2, 0) is 0 Å². The Balaban J connectivity index is 2.16. The van der Waals surface area contributed by atoms with Gasteiger partial charge >= 0.3 is 0 Å². The van der Waals surface area contributed by atoms with Gasteiger partial charge in [-0.1, -0.05) is 18.2 Å². The van der Waals surface area contributed by atoms with Crippen molar-refractivity contribution >= 4 is 22.4 Å². The molecule has 2 aromatic heterocycles. The van der Waals surface area contributed by atoms with Crippen molar-refractivity contribution in [1.82, 2.24) is 4.98 Å². The van der Waals surface area contributed by atoms with E-state index in [0.717, 1.165) is 5.39 Å². The van der Waals surface area contributed by atoms with Crippen molar-refractivity contribution in [3.05, 3.63) is 60.2 Å². The number of pyridine rings is 1. The average molecular weight is 238 g/mol. The molecule has 0 aliphatic heterocycles. The fourth-order valence-corrected chi connectivity index (χ4v) is 1.86. The van der Waals surface area contributed by atoms with E-state index in [2.05, 4.69) is 4.98 Å². The lowest BCUT2D eigenvalue weighted by atomic mass is 10.1. The molecule has 18 heavy (non-hydrogen) atoms. The number of hydrogen-bond donors (Lipinski definition) is 1. The minimum atomic E-state index is -0.193. The Morgan fingerprint density at radius 1 is 1.22 bits per heavy atom. The zero-order chi connectivity index (χ0) is 12.5. The van der Waals surface area contributed by atoms with E-state index in [0.29, 0.717) is 22.5 Å². The van der Waals surface area contributed by atoms with Crippen LogP contribution in [-0.4, -0.2) is 10.8 Å². The molecule has 1 aromatic carbocycles. The Kier molecular flexibility index (Phi) is 2.34. The zero-order valence-electron chi connectivity index (χ0n) is 9.46. The van der Waals surface area contributed by atoms with Crippen molar-refractivity contribution in [1.29, 1.82) is 0 Å². The largest absolute Gasteiger partial charge is 0.472 e. The van der Waals surface area contributed by atoms with Gasteiger partial charge in [0.05, 0.1) is 17.3 Å². The van der Waals surface area contributed by atoms with Gasteiger partial charge in [0.2, 0.25) is 5.78 Å². The molecule has 0 spiro atoms. The predicted octanol–water partition coefficient (Wildman–Crippen LogP) is 2.64. The molecule has 0 aliphatic carbocycles. The van der Waals surface area contributed by atoms with Crippen LogP contribution in [0.3, 0.4) is 0 Å². The van der Waals surface area contributed by atoms with E-state index in [1.54, 1.807) is 12.1 Å². The van der Waals surface area contributed by atoms with Crippen LogP contribution < -0.4 is 5.73 Å². The molecule has 3 rings (SSSR count). The van der Waals surface area contributed by atoms with Gasteiger partial charge in [0.15, 0.2) is 0 Å². The lowest BCUT2D eigenvalue weighted by Gasteiger charge is -2.04. The van der Waals surface area contributed by atoms with Crippen molar-refractivity contribution in [3.63, 3.8) is 0 Å². The maximum Gasteiger partial charge on any atom is 0.214 e. The number of nitrogens with zero attached hydrogens (tertiary/aromatic N) is 1. The van der Waals surface area contributed by atoms with Gasteiger partial charge in [-0.2, -0.15) is 0 Å². The second kappa shape index (κ2) is 4.00. The molecule has 3 aromatic rings. The molecule has 0 saturated heterocycles. The number of para-hydroxylation sites is 1. The number of nitrogen functional groups attached to an aromatic ring is 1. The monoisotopic (exact) mass is 238 g/mol. The third-order valence-corrected chi connectivity index (χ3v) is 2.76. The highest BCUT2D eigenvalue weighted by Gasteiger charge is 2.13. The summed E-state index contributed by atoms with van der Waals surface area (Å²) in [4.78, 5) is 16.4. The van der Waals surface area contributed by atoms with Crippen LogP contribution in [0.5, 0.6) is 0 Å². The van der Waals surface area contributed by atoms with Crippen LogP contribution in [0.2, 0.25) is 0 Å². The number of benzene rings is 1. The Morgan fingerprint density at radius 2 is 2.06 bits per heavy atom. The first kappa shape index (κ1) is 10.5. The van der Waals surface area contributed by atoms with E-state index in [9.17, 15) is 4.79 Å². The van der Waals surface area contributed by atoms with Gasteiger partial charge in [0.1, 0.15) is 12.0 Å². The first-order valence-corrected chi connectivity index (χ1v) is 5.48. The Bertz CT molecular complexity index is 718. The number of hydrogen-bond acceptors (Lipinski definition) is 4. The minimum absolute atomic E-state index is 0.193. The highest BCUT2D eigenvalue weighted by Crippen LogP contribution is 2.21. The van der Waals surface area contributed by atoms with E-state index in [1.807, 2.05) is 24.3 Å². The maximum absolute atomic E-state index is 12.1. The van der Waals surface area contributed by atoms with Gasteiger partial charge in [-0.05, 0) is 18.2 Å². The van der Waals surface area contributed by atoms with Crippen molar-refractivity contribution in [2.75, 3.05) is 5.73 Å². The van der Waals surface area contributed by atoms with Gasteiger partial charge in [-0.3, -0.25) is 4.79 Å². The summed E-state index contributed by atoms with van der Waals surface area (Å²) in [5, 5.41) is 0.848. The fourth-order valence-electron chi connectivity index (χ4n) is 1.86. The number of carbonyl (C=O) groups excluding carboxylic acids is 1. The molecule has 0 fully saturated rings. The third-order valence-electron chi connectivity index (χ3n) is 2.76. The molecule has 0 atom stereocenters. The summed E-state index contributed by atoms with van der Waals surface area (Å²) in [6.45, 7) is 0. The van der Waals surface area contributed by atoms with Gasteiger partial charge < -0.3 is 10.2 Å². The molecule has 0 aliphatic rings. The van der Waals surface area contributed by atoms with Gasteiger partial charge in [-0.15, -0.1) is 0 Å². The number of ketones is 1. The molecular formula is C14H10N2O2. The maximum atomic E-state index is 12.1. The topological polar surface area (TPSA) is 69.1 Å². The fraction of sp³-hybridized carbons (Fsp3) is 0. The summed E-state index contributed by atoms with van der Waals surface area (Å²) < 4.78 is 4.89. The molecule has 2 heterocycles. The van der Waals surface area contributed by atoms with Gasteiger partial charge in [0, 0.05) is 11.1 Å². The van der Waals surface area contributed by atoms with E-state index in [-0.39, 0.29) is 5.78 Å². The number of anilines is 1. The summed E-state index contributed by atoms with van der Waals surface area (Å²) in [5.74, 6) is -0.193. The number of carbonyl (C=O) groups is 1. The molecule has 2 N–H and O–H groups in total. The van der Waals surface area contributed by atoms with Crippen LogP contribution in [0.15, 0.2) is 53.3 Å². The molecule has 0 amide bonds. The minimum Gasteiger partial charge on any atom is -0.472 e. The predicted molar refractivity (Wildman–Crippen MR) is 68.3 cm³/mol. The van der Waals surface area contributed by atoms with E-state index in [4.69, 9.17) is 10.2 Å². The van der Waals surface area contributed by atoms with Crippen molar-refractivity contribution < 1.29 is 9.21 Å². The second-order valence-electron chi connectivity index (χ2n) is 3.96. The number of nitrogens with two attached hydrogens (primary N) is 1. The van der Waals surface area contributed by atoms with Crippen LogP contribution >= 0.6 is 0 Å². The van der Waals surface area contributed by atoms with Crippen LogP contribution in [0.1, 0.15) is 16.1 Å². The molecular weight excluding hydrogens is 228 g/mol. The smallest absolute Gasteiger partial charge is 0.214 e. The molecule has 0 unspecified atom stereocenters. The molecule has 0 bridgehead atoms. The second-order valence-corrected chi connectivity index (χ2v) is 3.96. The van der Waals surface area contributed by atoms with E-state index >= 15 is 0 Å². The highest BCUT2D eigenvalue weighted by molar-refractivity contribution is 6.09. The quantitative estimate of drug-likeness (QED) is 0.697. The lowest BCUT2D eigenvalue weighted by molar-refractivity contribution is 0.103. The summed E-state index contributed by atoms with van der Waals surface area (Å²) in [7, 11) is 0. The molecule has 0 saturated carbocycles. The summed E-state index contributed by atoms with van der Waals surface area (Å²) >= 11 is 0. The van der Waals surface area contributed by atoms with Crippen molar-refractivity contribution in [3.8, 4) is 0 Å². The van der Waals surface area contributed by atoms with Crippen molar-refractivity contribution in [2.45, 2.75) is 0 Å². The van der Waals surface area contributed by atoms with Crippen LogP contribution in [0, 0.1) is 0 Å². The summed E-state index contributed by atoms with van der Waals surface area (Å²) in [6.07, 6.45) is 2.85. The Labute approximate surface area is 103 Å². The normalized spacial score (nSPS) is 10.7. The standard InChI is InChI=1S/C14H10N2O2/c15-11-7-13(14(17)9-5-6-18-8-9)16-12-4-2-1-3-10(11)12/h1-8H,(H2,15,16). The SMILES string of the molecule is Nc1cc(C(=O)c2ccoc2)nc2ccccc12. The molecule has 4 heteroatoms. The summed E-state index contributed by atoms with van der Waals surface area (Å²) in [5.41, 5.74) is 7.99. The lowest BCUT2D eigenvalue weighted by Crippen LogP contribution is -2.04. The zero-order valence-corrected chi connectivity index (χ0v) is 9.46. The Hall–Kier alpha value is -2.62. The highest BCUT2D eigenvalue weighted by atomic mass is 16.3. The number of rotatable bonds is 2. The first-order valence-electron chi connectivity index (χ1n) is 5.48. The third kappa shape index (κ3) is 1.64. The summed E-state index contributed by atoms with van der Waals surface area (Å²) in [6, 6.07) is 10.7. The number of fused-ring (bicyclic) bond motifs is 1. The molecule has 0 radical (unpaired) electrons. The van der Waals surface area contributed by atoms with Gasteiger partial charge in [0.25, 0.3) is 0 Å². The first-order chi connectivity index (χ1) is 8.75. The van der Waals surface area contributed by atoms with E-state index in [1.165, 1.54) is 12.5 Å². The van der Waals surface area contributed by atoms with E-state index < -0.39 is 0 Å². The molecule has 4 nitrogen and oxygen atoms in total. The van der Waals surface area contributed by atoms with Gasteiger partial charge in [-0.25, -0.2) is 4.98 Å². The average Bonchev–Trinajstić information content (AvgIpc) is 2.91. The van der Waals surface area contributed by atoms with Crippen LogP contribution in [0.25, 0.3) is 10.9 Å². The van der Waals surface area contributed by atoms with Crippen molar-refractivity contribution in [2.24, 2.45) is 0 Å². The Morgan fingerprint density at radius 3 is 2.83 bits per heavy atom. The number of furan rings is 1. The molecule has 88 valence electrons.